The van der Waals surface area contributed by atoms with Crippen LogP contribution in [0.3, 0.4) is 0 Å². The van der Waals surface area contributed by atoms with Gasteiger partial charge in [-0.15, -0.1) is 0 Å². The molecule has 14 heavy (non-hydrogen) atoms. The van der Waals surface area contributed by atoms with E-state index in [9.17, 15) is 4.79 Å². The van der Waals surface area contributed by atoms with E-state index in [1.807, 2.05) is 0 Å². The van der Waals surface area contributed by atoms with E-state index in [4.69, 9.17) is 0 Å². The Morgan fingerprint density at radius 2 is 1.64 bits per heavy atom. The van der Waals surface area contributed by atoms with Crippen molar-refractivity contribution in [3.8, 4) is 0 Å². The van der Waals surface area contributed by atoms with Crippen LogP contribution in [0.5, 0.6) is 0 Å². The molecule has 0 saturated carbocycles. The van der Waals surface area contributed by atoms with Crippen molar-refractivity contribution < 1.29 is 4.79 Å². The summed E-state index contributed by atoms with van der Waals surface area (Å²) in [5.41, 5.74) is 0.502. The van der Waals surface area contributed by atoms with Crippen molar-refractivity contribution in [2.45, 2.75) is 12.7 Å². The number of hydrogen-bond donors (Lipinski definition) is 4. The molecule has 5 heteroatoms. The standard InChI is InChI=1S/C9H20N4O/c1-7(2)8(14)13-6-9(10-3,11-4)12-5/h10-12H,1,6H2,2-5H3,(H,13,14). The second kappa shape index (κ2) is 5.74. The number of rotatable bonds is 6. The van der Waals surface area contributed by atoms with Gasteiger partial charge in [0.15, 0.2) is 0 Å². The van der Waals surface area contributed by atoms with Gasteiger partial charge < -0.3 is 5.32 Å². The van der Waals surface area contributed by atoms with Gasteiger partial charge in [0.05, 0.1) is 6.54 Å². The van der Waals surface area contributed by atoms with Gasteiger partial charge in [-0.25, -0.2) is 0 Å². The minimum absolute atomic E-state index is 0.143. The van der Waals surface area contributed by atoms with Crippen LogP contribution < -0.4 is 21.3 Å². The van der Waals surface area contributed by atoms with Crippen LogP contribution in [0.1, 0.15) is 6.92 Å². The van der Waals surface area contributed by atoms with Crippen molar-refractivity contribution >= 4 is 5.91 Å². The predicted molar refractivity (Wildman–Crippen MR) is 57.7 cm³/mol. The summed E-state index contributed by atoms with van der Waals surface area (Å²) in [6, 6.07) is 0. The van der Waals surface area contributed by atoms with Gasteiger partial charge >= 0.3 is 0 Å². The predicted octanol–water partition coefficient (Wildman–Crippen LogP) is -1.01. The van der Waals surface area contributed by atoms with Crippen LogP contribution in [0.4, 0.5) is 0 Å². The fourth-order valence-corrected chi connectivity index (χ4v) is 1.00. The summed E-state index contributed by atoms with van der Waals surface area (Å²) in [5.74, 6) is -0.624. The highest BCUT2D eigenvalue weighted by atomic mass is 16.1. The molecule has 0 spiro atoms. The fourth-order valence-electron chi connectivity index (χ4n) is 1.00. The van der Waals surface area contributed by atoms with E-state index in [-0.39, 0.29) is 5.91 Å². The number of carbonyl (C=O) groups excluding carboxylic acids is 1. The molecule has 0 saturated heterocycles. The van der Waals surface area contributed by atoms with Gasteiger partial charge in [-0.05, 0) is 28.1 Å². The summed E-state index contributed by atoms with van der Waals surface area (Å²) in [5, 5.41) is 11.9. The maximum absolute atomic E-state index is 11.2. The molecule has 0 unspecified atom stereocenters. The molecule has 0 heterocycles. The average Bonchev–Trinajstić information content (AvgIpc) is 2.20. The summed E-state index contributed by atoms with van der Waals surface area (Å²) >= 11 is 0. The Bertz CT molecular complexity index is 203. The third kappa shape index (κ3) is 3.45. The lowest BCUT2D eigenvalue weighted by molar-refractivity contribution is -0.117. The summed E-state index contributed by atoms with van der Waals surface area (Å²) in [4.78, 5) is 11.2. The second-order valence-corrected chi connectivity index (χ2v) is 3.12. The maximum Gasteiger partial charge on any atom is 0.246 e. The highest BCUT2D eigenvalue weighted by molar-refractivity contribution is 5.92. The average molecular weight is 200 g/mol. The summed E-state index contributed by atoms with van der Waals surface area (Å²) in [7, 11) is 5.42. The zero-order valence-corrected chi connectivity index (χ0v) is 9.32. The molecule has 0 aliphatic rings. The first-order chi connectivity index (χ1) is 6.51. The molecule has 0 aromatic rings. The largest absolute Gasteiger partial charge is 0.348 e. The smallest absolute Gasteiger partial charge is 0.246 e. The molecule has 82 valence electrons. The quantitative estimate of drug-likeness (QED) is 0.328. The molecule has 0 aliphatic heterocycles. The lowest BCUT2D eigenvalue weighted by Gasteiger charge is -2.32. The first-order valence-electron chi connectivity index (χ1n) is 4.51. The van der Waals surface area contributed by atoms with Gasteiger partial charge in [-0.3, -0.25) is 20.7 Å². The van der Waals surface area contributed by atoms with E-state index < -0.39 is 5.79 Å². The monoisotopic (exact) mass is 200 g/mol. The van der Waals surface area contributed by atoms with Gasteiger partial charge in [0.25, 0.3) is 0 Å². The van der Waals surface area contributed by atoms with E-state index in [2.05, 4.69) is 27.8 Å². The Kier molecular flexibility index (Phi) is 5.37. The molecule has 0 bridgehead atoms. The number of amides is 1. The Morgan fingerprint density at radius 1 is 1.21 bits per heavy atom. The fraction of sp³-hybridized carbons (Fsp3) is 0.667. The van der Waals surface area contributed by atoms with E-state index in [0.29, 0.717) is 12.1 Å². The van der Waals surface area contributed by atoms with Crippen molar-refractivity contribution in [3.63, 3.8) is 0 Å². The van der Waals surface area contributed by atoms with Gasteiger partial charge in [0, 0.05) is 5.57 Å². The Hall–Kier alpha value is -0.910. The summed E-state index contributed by atoms with van der Waals surface area (Å²) in [6.07, 6.45) is 0. The molecule has 0 fully saturated rings. The van der Waals surface area contributed by atoms with Crippen molar-refractivity contribution in [1.82, 2.24) is 21.3 Å². The van der Waals surface area contributed by atoms with Crippen LogP contribution in [-0.2, 0) is 4.79 Å². The van der Waals surface area contributed by atoms with Crippen LogP contribution in [0.2, 0.25) is 0 Å². The molecule has 0 aromatic heterocycles. The number of nitrogens with one attached hydrogen (secondary N) is 4. The Morgan fingerprint density at radius 3 is 1.93 bits per heavy atom. The van der Waals surface area contributed by atoms with Crippen LogP contribution >= 0.6 is 0 Å². The lowest BCUT2D eigenvalue weighted by Crippen LogP contribution is -2.68. The molecule has 0 rings (SSSR count). The number of likely N-dealkylation sites (N-methyl/N-ethyl adjacent to an activating group) is 3. The van der Waals surface area contributed by atoms with Gasteiger partial charge in [0.1, 0.15) is 5.79 Å². The third-order valence-electron chi connectivity index (χ3n) is 2.18. The van der Waals surface area contributed by atoms with E-state index in [1.165, 1.54) is 0 Å². The molecule has 0 atom stereocenters. The third-order valence-corrected chi connectivity index (χ3v) is 2.18. The topological polar surface area (TPSA) is 65.2 Å². The van der Waals surface area contributed by atoms with Crippen molar-refractivity contribution in [1.29, 1.82) is 0 Å². The molecular weight excluding hydrogens is 180 g/mol. The van der Waals surface area contributed by atoms with Crippen LogP contribution in [0.15, 0.2) is 12.2 Å². The van der Waals surface area contributed by atoms with Gasteiger partial charge in [-0.2, -0.15) is 0 Å². The molecule has 0 aliphatic carbocycles. The van der Waals surface area contributed by atoms with Crippen LogP contribution in [0, 0.1) is 0 Å². The first-order valence-corrected chi connectivity index (χ1v) is 4.51. The van der Waals surface area contributed by atoms with Crippen molar-refractivity contribution in [2.75, 3.05) is 27.7 Å². The maximum atomic E-state index is 11.2. The minimum Gasteiger partial charge on any atom is -0.348 e. The lowest BCUT2D eigenvalue weighted by atomic mass is 10.3. The zero-order valence-electron chi connectivity index (χ0n) is 9.32. The van der Waals surface area contributed by atoms with Crippen LogP contribution in [-0.4, -0.2) is 39.4 Å². The summed E-state index contributed by atoms with van der Waals surface area (Å²) < 4.78 is 0. The zero-order chi connectivity index (χ0) is 11.2. The van der Waals surface area contributed by atoms with Crippen molar-refractivity contribution in [2.24, 2.45) is 0 Å². The minimum atomic E-state index is -0.481. The highest BCUT2D eigenvalue weighted by Crippen LogP contribution is 1.92. The first kappa shape index (κ1) is 13.1. The van der Waals surface area contributed by atoms with Gasteiger partial charge in [0.2, 0.25) is 5.91 Å². The van der Waals surface area contributed by atoms with Gasteiger partial charge in [-0.1, -0.05) is 6.58 Å². The molecule has 0 aromatic carbocycles. The summed E-state index contributed by atoms with van der Waals surface area (Å²) in [6.45, 7) is 5.67. The molecule has 1 amide bonds. The Balaban J connectivity index is 4.19. The normalized spacial score (nSPS) is 11.1. The molecular formula is C9H20N4O. The van der Waals surface area contributed by atoms with Crippen LogP contribution in [0.25, 0.3) is 0 Å². The Labute approximate surface area is 85.3 Å². The van der Waals surface area contributed by atoms with E-state index >= 15 is 0 Å². The molecule has 5 nitrogen and oxygen atoms in total. The SMILES string of the molecule is C=C(C)C(=O)NCC(NC)(NC)NC. The second-order valence-electron chi connectivity index (χ2n) is 3.12. The van der Waals surface area contributed by atoms with E-state index in [1.54, 1.807) is 28.1 Å². The highest BCUT2D eigenvalue weighted by Gasteiger charge is 2.23. The number of carbonyl (C=O) groups is 1. The molecule has 0 radical (unpaired) electrons. The molecule has 4 N–H and O–H groups in total. The van der Waals surface area contributed by atoms with Crippen molar-refractivity contribution in [3.05, 3.63) is 12.2 Å². The number of hydrogen-bond acceptors (Lipinski definition) is 4. The van der Waals surface area contributed by atoms with E-state index in [0.717, 1.165) is 0 Å².